The van der Waals surface area contributed by atoms with Crippen LogP contribution in [0.25, 0.3) is 0 Å². The van der Waals surface area contributed by atoms with Crippen molar-refractivity contribution in [1.82, 2.24) is 0 Å². The normalized spacial score (nSPS) is 10.2. The van der Waals surface area contributed by atoms with E-state index in [1.807, 2.05) is 0 Å². The highest BCUT2D eigenvalue weighted by Crippen LogP contribution is 2.28. The predicted molar refractivity (Wildman–Crippen MR) is 130 cm³/mol. The number of nitrogens with one attached hydrogen (secondary N) is 4. The molecule has 4 N–H and O–H groups in total. The summed E-state index contributed by atoms with van der Waals surface area (Å²) in [5.41, 5.74) is 2.41. The van der Waals surface area contributed by atoms with Crippen molar-refractivity contribution in [1.29, 1.82) is 0 Å². The van der Waals surface area contributed by atoms with Gasteiger partial charge in [0.25, 0.3) is 5.91 Å². The zero-order valence-electron chi connectivity index (χ0n) is 18.1. The molecule has 8 nitrogen and oxygen atoms in total. The second kappa shape index (κ2) is 11.0. The van der Waals surface area contributed by atoms with Gasteiger partial charge in [0.1, 0.15) is 5.75 Å². The standard InChI is InChI=1S/C24H23ClN4O4/c1-15(30)27-18-11-12-22(33-2)21(13-18)29-23(31)14-26-20-6-4-3-5-19(20)24(32)28-17-9-7-16(25)8-10-17/h3-13,26H,14H2,1-2H3,(H,27,30)(H,28,32)(H,29,31). The van der Waals surface area contributed by atoms with Gasteiger partial charge in [0.05, 0.1) is 24.9 Å². The number of anilines is 4. The van der Waals surface area contributed by atoms with Crippen molar-refractivity contribution < 1.29 is 19.1 Å². The molecule has 3 aromatic carbocycles. The molecule has 0 atom stereocenters. The fraction of sp³-hybridized carbons (Fsp3) is 0.125. The van der Waals surface area contributed by atoms with E-state index in [1.54, 1.807) is 66.7 Å². The summed E-state index contributed by atoms with van der Waals surface area (Å²) in [6, 6.07) is 18.5. The van der Waals surface area contributed by atoms with Gasteiger partial charge >= 0.3 is 0 Å². The van der Waals surface area contributed by atoms with Crippen molar-refractivity contribution >= 4 is 52.1 Å². The molecule has 0 fully saturated rings. The number of methoxy groups -OCH3 is 1. The van der Waals surface area contributed by atoms with Crippen LogP contribution in [0.5, 0.6) is 5.75 Å². The molecule has 3 aromatic rings. The Morgan fingerprint density at radius 3 is 2.24 bits per heavy atom. The van der Waals surface area contributed by atoms with Crippen molar-refractivity contribution in [3.63, 3.8) is 0 Å². The lowest BCUT2D eigenvalue weighted by atomic mass is 10.1. The van der Waals surface area contributed by atoms with Crippen LogP contribution in [0.3, 0.4) is 0 Å². The third kappa shape index (κ3) is 6.72. The van der Waals surface area contributed by atoms with Gasteiger partial charge in [0.2, 0.25) is 11.8 Å². The Morgan fingerprint density at radius 1 is 0.848 bits per heavy atom. The first-order valence-electron chi connectivity index (χ1n) is 10.0. The van der Waals surface area contributed by atoms with Crippen molar-refractivity contribution in [2.45, 2.75) is 6.92 Å². The molecule has 0 aliphatic carbocycles. The topological polar surface area (TPSA) is 109 Å². The minimum absolute atomic E-state index is 0.0985. The zero-order valence-corrected chi connectivity index (χ0v) is 18.8. The van der Waals surface area contributed by atoms with Gasteiger partial charge in [0.15, 0.2) is 0 Å². The summed E-state index contributed by atoms with van der Waals surface area (Å²) >= 11 is 5.88. The fourth-order valence-electron chi connectivity index (χ4n) is 3.02. The van der Waals surface area contributed by atoms with Gasteiger partial charge in [0, 0.05) is 29.0 Å². The van der Waals surface area contributed by atoms with Crippen LogP contribution in [-0.2, 0) is 9.59 Å². The smallest absolute Gasteiger partial charge is 0.257 e. The van der Waals surface area contributed by atoms with Crippen LogP contribution >= 0.6 is 11.6 Å². The molecule has 0 saturated carbocycles. The zero-order chi connectivity index (χ0) is 23.8. The first-order valence-corrected chi connectivity index (χ1v) is 10.4. The lowest BCUT2D eigenvalue weighted by molar-refractivity contribution is -0.115. The number of carbonyl (C=O) groups is 3. The Hall–Kier alpha value is -4.04. The van der Waals surface area contributed by atoms with E-state index in [4.69, 9.17) is 16.3 Å². The molecular formula is C24H23ClN4O4. The van der Waals surface area contributed by atoms with Crippen LogP contribution in [0, 0.1) is 0 Å². The molecule has 0 bridgehead atoms. The molecular weight excluding hydrogens is 444 g/mol. The number of hydrogen-bond donors (Lipinski definition) is 4. The summed E-state index contributed by atoms with van der Waals surface area (Å²) in [5, 5.41) is 11.8. The van der Waals surface area contributed by atoms with E-state index in [-0.39, 0.29) is 24.3 Å². The minimum Gasteiger partial charge on any atom is -0.495 e. The number of benzene rings is 3. The predicted octanol–water partition coefficient (Wildman–Crippen LogP) is 4.61. The highest BCUT2D eigenvalue weighted by molar-refractivity contribution is 6.30. The van der Waals surface area contributed by atoms with Gasteiger partial charge in [-0.05, 0) is 54.6 Å². The van der Waals surface area contributed by atoms with Crippen LogP contribution in [0.2, 0.25) is 5.02 Å². The molecule has 3 amide bonds. The van der Waals surface area contributed by atoms with E-state index in [9.17, 15) is 14.4 Å². The van der Waals surface area contributed by atoms with Crippen LogP contribution in [0.15, 0.2) is 66.7 Å². The summed E-state index contributed by atoms with van der Waals surface area (Å²) in [4.78, 5) is 36.6. The Balaban J connectivity index is 1.67. The Labute approximate surface area is 196 Å². The maximum Gasteiger partial charge on any atom is 0.257 e. The summed E-state index contributed by atoms with van der Waals surface area (Å²) in [6.07, 6.45) is 0. The number of para-hydroxylation sites is 1. The van der Waals surface area contributed by atoms with E-state index in [0.717, 1.165) is 0 Å². The number of amides is 3. The number of ether oxygens (including phenoxy) is 1. The molecule has 33 heavy (non-hydrogen) atoms. The van der Waals surface area contributed by atoms with E-state index < -0.39 is 0 Å². The third-order valence-electron chi connectivity index (χ3n) is 4.51. The molecule has 0 aliphatic rings. The quantitative estimate of drug-likeness (QED) is 0.387. The first kappa shape index (κ1) is 23.6. The minimum atomic E-state index is -0.360. The van der Waals surface area contributed by atoms with Gasteiger partial charge in [-0.3, -0.25) is 14.4 Å². The second-order valence-electron chi connectivity index (χ2n) is 7.00. The van der Waals surface area contributed by atoms with Gasteiger partial charge < -0.3 is 26.0 Å². The van der Waals surface area contributed by atoms with Crippen LogP contribution < -0.4 is 26.0 Å². The van der Waals surface area contributed by atoms with Gasteiger partial charge in [-0.2, -0.15) is 0 Å². The van der Waals surface area contributed by atoms with E-state index in [1.165, 1.54) is 14.0 Å². The van der Waals surface area contributed by atoms with Gasteiger partial charge in [-0.15, -0.1) is 0 Å². The third-order valence-corrected chi connectivity index (χ3v) is 4.76. The number of carbonyl (C=O) groups excluding carboxylic acids is 3. The number of hydrogen-bond acceptors (Lipinski definition) is 5. The average molecular weight is 467 g/mol. The molecule has 170 valence electrons. The Kier molecular flexibility index (Phi) is 7.88. The molecule has 0 spiro atoms. The van der Waals surface area contributed by atoms with Crippen molar-refractivity contribution in [2.75, 3.05) is 34.9 Å². The van der Waals surface area contributed by atoms with Crippen molar-refractivity contribution in [3.05, 3.63) is 77.3 Å². The molecule has 0 aliphatic heterocycles. The van der Waals surface area contributed by atoms with E-state index >= 15 is 0 Å². The molecule has 0 aromatic heterocycles. The van der Waals surface area contributed by atoms with E-state index in [0.29, 0.717) is 39.1 Å². The second-order valence-corrected chi connectivity index (χ2v) is 7.44. The highest BCUT2D eigenvalue weighted by Gasteiger charge is 2.14. The lowest BCUT2D eigenvalue weighted by Crippen LogP contribution is -2.23. The Bertz CT molecular complexity index is 1170. The summed E-state index contributed by atoms with van der Waals surface area (Å²) in [7, 11) is 1.48. The maximum absolute atomic E-state index is 12.7. The molecule has 0 heterocycles. The SMILES string of the molecule is COc1ccc(NC(C)=O)cc1NC(=O)CNc1ccccc1C(=O)Nc1ccc(Cl)cc1. The maximum atomic E-state index is 12.7. The summed E-state index contributed by atoms with van der Waals surface area (Å²) in [5.74, 6) is -0.473. The Morgan fingerprint density at radius 2 is 1.55 bits per heavy atom. The number of rotatable bonds is 8. The van der Waals surface area contributed by atoms with Crippen molar-refractivity contribution in [2.24, 2.45) is 0 Å². The largest absolute Gasteiger partial charge is 0.495 e. The first-order chi connectivity index (χ1) is 15.9. The monoisotopic (exact) mass is 466 g/mol. The molecule has 9 heteroatoms. The van der Waals surface area contributed by atoms with Gasteiger partial charge in [-0.25, -0.2) is 0 Å². The molecule has 0 radical (unpaired) electrons. The summed E-state index contributed by atoms with van der Waals surface area (Å²) < 4.78 is 5.27. The molecule has 3 rings (SSSR count). The fourth-order valence-corrected chi connectivity index (χ4v) is 3.15. The van der Waals surface area contributed by atoms with Crippen LogP contribution in [0.4, 0.5) is 22.7 Å². The molecule has 0 unspecified atom stereocenters. The highest BCUT2D eigenvalue weighted by atomic mass is 35.5. The van der Waals surface area contributed by atoms with E-state index in [2.05, 4.69) is 21.3 Å². The molecule has 0 saturated heterocycles. The van der Waals surface area contributed by atoms with Crippen LogP contribution in [0.1, 0.15) is 17.3 Å². The number of halogens is 1. The lowest BCUT2D eigenvalue weighted by Gasteiger charge is -2.14. The summed E-state index contributed by atoms with van der Waals surface area (Å²) in [6.45, 7) is 1.30. The van der Waals surface area contributed by atoms with Crippen LogP contribution in [-0.4, -0.2) is 31.4 Å². The average Bonchev–Trinajstić information content (AvgIpc) is 2.79. The van der Waals surface area contributed by atoms with Crippen molar-refractivity contribution in [3.8, 4) is 5.75 Å². The van der Waals surface area contributed by atoms with Gasteiger partial charge in [-0.1, -0.05) is 23.7 Å².